The molecular formula is C25H30O8S. The number of aliphatic hydroxyl groups is 1. The molecule has 1 aliphatic heterocycles. The minimum Gasteiger partial charge on any atom is -0.467 e. The highest BCUT2D eigenvalue weighted by molar-refractivity contribution is 7.99. The molecule has 184 valence electrons. The fraction of sp³-hybridized carbons (Fsp3) is 0.440. The number of carbonyl (C=O) groups excluding carboxylic acids is 2. The van der Waals surface area contributed by atoms with Crippen LogP contribution in [0.2, 0.25) is 0 Å². The summed E-state index contributed by atoms with van der Waals surface area (Å²) in [6.07, 6.45) is -3.97. The molecule has 1 heterocycles. The molecule has 0 radical (unpaired) electrons. The number of esters is 2. The number of hydrogen-bond acceptors (Lipinski definition) is 9. The lowest BCUT2D eigenvalue weighted by Crippen LogP contribution is -2.60. The van der Waals surface area contributed by atoms with Crippen molar-refractivity contribution in [1.29, 1.82) is 0 Å². The highest BCUT2D eigenvalue weighted by Crippen LogP contribution is 2.36. The Bertz CT molecular complexity index is 920. The van der Waals surface area contributed by atoms with Crippen molar-refractivity contribution in [3.63, 3.8) is 0 Å². The zero-order valence-electron chi connectivity index (χ0n) is 19.4. The summed E-state index contributed by atoms with van der Waals surface area (Å²) in [7, 11) is 1.24. The van der Waals surface area contributed by atoms with Crippen LogP contribution < -0.4 is 0 Å². The largest absolute Gasteiger partial charge is 0.467 e. The third-order valence-corrected chi connectivity index (χ3v) is 6.36. The van der Waals surface area contributed by atoms with Gasteiger partial charge in [0.25, 0.3) is 0 Å². The maximum absolute atomic E-state index is 11.9. The molecule has 5 atom stereocenters. The zero-order valence-corrected chi connectivity index (χ0v) is 20.2. The molecule has 8 nitrogen and oxygen atoms in total. The second-order valence-electron chi connectivity index (χ2n) is 7.89. The minimum absolute atomic E-state index is 0.0753. The SMILES string of the molecule is COC(=O)CO[C@H]1[C@H](O)[C@@H](COCc2ccccc2)O[C@@H](Sc2ccc(C)cc2)[C@@H]1OC(C)=O. The first-order chi connectivity index (χ1) is 16.4. The third kappa shape index (κ3) is 7.54. The van der Waals surface area contributed by atoms with E-state index in [1.165, 1.54) is 25.8 Å². The predicted molar refractivity (Wildman–Crippen MR) is 125 cm³/mol. The van der Waals surface area contributed by atoms with E-state index in [4.69, 9.17) is 18.9 Å². The van der Waals surface area contributed by atoms with E-state index >= 15 is 0 Å². The Labute approximate surface area is 203 Å². The van der Waals surface area contributed by atoms with Crippen LogP contribution in [-0.2, 0) is 39.9 Å². The molecule has 34 heavy (non-hydrogen) atoms. The summed E-state index contributed by atoms with van der Waals surface area (Å²) in [6.45, 7) is 3.26. The quantitative estimate of drug-likeness (QED) is 0.504. The summed E-state index contributed by atoms with van der Waals surface area (Å²) in [5, 5.41) is 11.0. The molecule has 0 aliphatic carbocycles. The topological polar surface area (TPSA) is 101 Å². The Balaban J connectivity index is 1.79. The smallest absolute Gasteiger partial charge is 0.331 e. The summed E-state index contributed by atoms with van der Waals surface area (Å²) in [5.74, 6) is -1.17. The van der Waals surface area contributed by atoms with Gasteiger partial charge in [0.15, 0.2) is 6.10 Å². The van der Waals surface area contributed by atoms with Gasteiger partial charge in [-0.3, -0.25) is 4.79 Å². The van der Waals surface area contributed by atoms with Gasteiger partial charge in [-0.1, -0.05) is 59.8 Å². The van der Waals surface area contributed by atoms with Gasteiger partial charge in [-0.2, -0.15) is 0 Å². The molecule has 2 aromatic rings. The summed E-state index contributed by atoms with van der Waals surface area (Å²) in [4.78, 5) is 24.5. The Hall–Kier alpha value is -2.43. The maximum atomic E-state index is 11.9. The summed E-state index contributed by atoms with van der Waals surface area (Å²) < 4.78 is 27.8. The highest BCUT2D eigenvalue weighted by Gasteiger charge is 2.48. The Morgan fingerprint density at radius 2 is 1.76 bits per heavy atom. The number of aliphatic hydroxyl groups excluding tert-OH is 1. The van der Waals surface area contributed by atoms with Gasteiger partial charge in [-0.05, 0) is 24.6 Å². The minimum atomic E-state index is -1.21. The molecule has 2 aromatic carbocycles. The Morgan fingerprint density at radius 3 is 2.41 bits per heavy atom. The van der Waals surface area contributed by atoms with E-state index in [-0.39, 0.29) is 6.61 Å². The number of hydrogen-bond donors (Lipinski definition) is 1. The molecule has 1 aliphatic rings. The number of methoxy groups -OCH3 is 1. The lowest BCUT2D eigenvalue weighted by atomic mass is 9.99. The van der Waals surface area contributed by atoms with Crippen molar-refractivity contribution in [2.24, 2.45) is 0 Å². The first-order valence-corrected chi connectivity index (χ1v) is 11.8. The van der Waals surface area contributed by atoms with Crippen molar-refractivity contribution in [3.8, 4) is 0 Å². The van der Waals surface area contributed by atoms with Crippen molar-refractivity contribution < 1.29 is 38.4 Å². The Morgan fingerprint density at radius 1 is 1.06 bits per heavy atom. The lowest BCUT2D eigenvalue weighted by Gasteiger charge is -2.43. The van der Waals surface area contributed by atoms with Gasteiger partial charge in [-0.25, -0.2) is 4.79 Å². The molecule has 0 spiro atoms. The van der Waals surface area contributed by atoms with E-state index in [0.29, 0.717) is 6.61 Å². The van der Waals surface area contributed by atoms with Crippen LogP contribution in [0, 0.1) is 6.92 Å². The fourth-order valence-corrected chi connectivity index (χ4v) is 4.58. The molecule has 0 bridgehead atoms. The molecule has 9 heteroatoms. The molecule has 0 aromatic heterocycles. The number of carbonyl (C=O) groups is 2. The van der Waals surface area contributed by atoms with Crippen molar-refractivity contribution in [2.45, 2.75) is 55.2 Å². The number of benzene rings is 2. The van der Waals surface area contributed by atoms with Crippen molar-refractivity contribution >= 4 is 23.7 Å². The van der Waals surface area contributed by atoms with Crippen LogP contribution in [0.4, 0.5) is 0 Å². The highest BCUT2D eigenvalue weighted by atomic mass is 32.2. The maximum Gasteiger partial charge on any atom is 0.331 e. The standard InChI is InChI=1S/C25H30O8S/c1-16-9-11-19(12-10-16)34-25-24(32-17(2)26)23(31-15-21(27)29-3)22(28)20(33-25)14-30-13-18-7-5-4-6-8-18/h4-12,20,22-25,28H,13-15H2,1-3H3/t20-,22-,23+,24-,25+/m1/s1. The number of rotatable bonds is 10. The van der Waals surface area contributed by atoms with Gasteiger partial charge in [0.1, 0.15) is 30.4 Å². The molecule has 0 amide bonds. The van der Waals surface area contributed by atoms with E-state index < -0.39 is 48.4 Å². The van der Waals surface area contributed by atoms with Crippen molar-refractivity contribution in [3.05, 3.63) is 65.7 Å². The number of ether oxygens (including phenoxy) is 5. The fourth-order valence-electron chi connectivity index (χ4n) is 3.47. The first kappa shape index (κ1) is 26.2. The van der Waals surface area contributed by atoms with Gasteiger partial charge in [0, 0.05) is 11.8 Å². The summed E-state index contributed by atoms with van der Waals surface area (Å²) in [6, 6.07) is 17.4. The number of thioether (sulfide) groups is 1. The van der Waals surface area contributed by atoms with Gasteiger partial charge in [-0.15, -0.1) is 0 Å². The van der Waals surface area contributed by atoms with Crippen LogP contribution in [0.5, 0.6) is 0 Å². The normalized spacial score (nSPS) is 24.4. The van der Waals surface area contributed by atoms with E-state index in [1.807, 2.05) is 61.5 Å². The van der Waals surface area contributed by atoms with Crippen molar-refractivity contribution in [2.75, 3.05) is 20.3 Å². The molecule has 0 unspecified atom stereocenters. The van der Waals surface area contributed by atoms with Crippen LogP contribution in [-0.4, -0.2) is 67.2 Å². The van der Waals surface area contributed by atoms with Crippen LogP contribution in [0.1, 0.15) is 18.1 Å². The zero-order chi connectivity index (χ0) is 24.5. The molecular weight excluding hydrogens is 460 g/mol. The molecule has 1 fully saturated rings. The van der Waals surface area contributed by atoms with Gasteiger partial charge < -0.3 is 28.8 Å². The summed E-state index contributed by atoms with van der Waals surface area (Å²) >= 11 is 1.34. The summed E-state index contributed by atoms with van der Waals surface area (Å²) in [5.41, 5.74) is 1.38. The third-order valence-electron chi connectivity index (χ3n) is 5.21. The Kier molecular flexibility index (Phi) is 9.91. The van der Waals surface area contributed by atoms with Crippen molar-refractivity contribution in [1.82, 2.24) is 0 Å². The van der Waals surface area contributed by atoms with E-state index in [0.717, 1.165) is 16.0 Å². The molecule has 3 rings (SSSR count). The molecule has 1 saturated heterocycles. The van der Waals surface area contributed by atoms with Gasteiger partial charge in [0.2, 0.25) is 0 Å². The molecule has 1 N–H and O–H groups in total. The second kappa shape index (κ2) is 12.9. The first-order valence-electron chi connectivity index (χ1n) is 10.9. The van der Waals surface area contributed by atoms with Gasteiger partial charge >= 0.3 is 11.9 Å². The predicted octanol–water partition coefficient (Wildman–Crippen LogP) is 2.88. The molecule has 0 saturated carbocycles. The van der Waals surface area contributed by atoms with Crippen LogP contribution in [0.25, 0.3) is 0 Å². The number of aryl methyl sites for hydroxylation is 1. The van der Waals surface area contributed by atoms with Gasteiger partial charge in [0.05, 0.1) is 20.3 Å². The van der Waals surface area contributed by atoms with Crippen LogP contribution in [0.15, 0.2) is 59.5 Å². The average molecular weight is 491 g/mol. The van der Waals surface area contributed by atoms with E-state index in [1.54, 1.807) is 0 Å². The van der Waals surface area contributed by atoms with Crippen LogP contribution >= 0.6 is 11.8 Å². The van der Waals surface area contributed by atoms with E-state index in [2.05, 4.69) is 4.74 Å². The monoisotopic (exact) mass is 490 g/mol. The van der Waals surface area contributed by atoms with Crippen LogP contribution in [0.3, 0.4) is 0 Å². The lowest BCUT2D eigenvalue weighted by molar-refractivity contribution is -0.234. The second-order valence-corrected chi connectivity index (χ2v) is 9.06. The van der Waals surface area contributed by atoms with E-state index in [9.17, 15) is 14.7 Å². The average Bonchev–Trinajstić information content (AvgIpc) is 2.83.